The number of rotatable bonds is 3. The van der Waals surface area contributed by atoms with Crippen LogP contribution in [-0.2, 0) is 9.59 Å². The Morgan fingerprint density at radius 2 is 2.00 bits per heavy atom. The number of hydrogen-bond acceptors (Lipinski definition) is 3. The van der Waals surface area contributed by atoms with E-state index in [1.54, 1.807) is 11.8 Å². The Morgan fingerprint density at radius 3 is 2.44 bits per heavy atom. The van der Waals surface area contributed by atoms with Crippen LogP contribution in [0.15, 0.2) is 0 Å². The standard InChI is InChI=1S/C13H24N2O3/c1-9(2)11(14-10(3)16)12(17)15-7-5-6-13(4,18)8-15/h9,11,18H,5-8H2,1-4H3,(H,14,16). The highest BCUT2D eigenvalue weighted by Gasteiger charge is 2.35. The number of carbonyl (C=O) groups is 2. The molecular weight excluding hydrogens is 232 g/mol. The number of aliphatic hydroxyl groups is 1. The van der Waals surface area contributed by atoms with Crippen LogP contribution in [0.1, 0.15) is 40.5 Å². The summed E-state index contributed by atoms with van der Waals surface area (Å²) in [6.45, 7) is 7.96. The van der Waals surface area contributed by atoms with Gasteiger partial charge in [-0.3, -0.25) is 9.59 Å². The van der Waals surface area contributed by atoms with Crippen molar-refractivity contribution >= 4 is 11.8 Å². The molecule has 1 fully saturated rings. The molecule has 0 aliphatic carbocycles. The normalized spacial score (nSPS) is 26.0. The summed E-state index contributed by atoms with van der Waals surface area (Å²) in [6, 6.07) is -0.503. The quantitative estimate of drug-likeness (QED) is 0.773. The molecule has 2 amide bonds. The van der Waals surface area contributed by atoms with E-state index in [2.05, 4.69) is 5.32 Å². The van der Waals surface area contributed by atoms with Gasteiger partial charge in [0.15, 0.2) is 0 Å². The van der Waals surface area contributed by atoms with Gasteiger partial charge < -0.3 is 15.3 Å². The summed E-state index contributed by atoms with van der Waals surface area (Å²) in [5, 5.41) is 12.7. The molecule has 0 saturated carbocycles. The van der Waals surface area contributed by atoms with Crippen LogP contribution in [0.4, 0.5) is 0 Å². The number of carbonyl (C=O) groups excluding carboxylic acids is 2. The molecule has 18 heavy (non-hydrogen) atoms. The first-order chi connectivity index (χ1) is 8.23. The minimum atomic E-state index is -0.814. The zero-order valence-electron chi connectivity index (χ0n) is 11.7. The Bertz CT molecular complexity index is 326. The molecule has 0 aromatic heterocycles. The topological polar surface area (TPSA) is 69.6 Å². The molecule has 0 spiro atoms. The number of piperidine rings is 1. The van der Waals surface area contributed by atoms with Gasteiger partial charge in [-0.15, -0.1) is 0 Å². The van der Waals surface area contributed by atoms with Crippen LogP contribution in [0.25, 0.3) is 0 Å². The van der Waals surface area contributed by atoms with E-state index in [0.717, 1.165) is 6.42 Å². The highest BCUT2D eigenvalue weighted by Crippen LogP contribution is 2.21. The molecule has 2 unspecified atom stereocenters. The van der Waals surface area contributed by atoms with Gasteiger partial charge in [-0.05, 0) is 25.7 Å². The van der Waals surface area contributed by atoms with Crippen LogP contribution in [0.2, 0.25) is 0 Å². The van der Waals surface area contributed by atoms with Gasteiger partial charge in [0.1, 0.15) is 6.04 Å². The van der Waals surface area contributed by atoms with Gasteiger partial charge in [-0.1, -0.05) is 13.8 Å². The predicted octanol–water partition coefficient (Wildman–Crippen LogP) is 0.520. The molecule has 1 aliphatic heterocycles. The Hall–Kier alpha value is -1.10. The van der Waals surface area contributed by atoms with Gasteiger partial charge in [-0.25, -0.2) is 0 Å². The summed E-state index contributed by atoms with van der Waals surface area (Å²) in [4.78, 5) is 25.2. The number of β-amino-alcohol motifs (C(OH)–C–C–N with tert-alkyl or cyclic N) is 1. The molecule has 1 saturated heterocycles. The summed E-state index contributed by atoms with van der Waals surface area (Å²) in [5.74, 6) is -0.265. The molecule has 104 valence electrons. The lowest BCUT2D eigenvalue weighted by atomic mass is 9.93. The van der Waals surface area contributed by atoms with Crippen LogP contribution in [0, 0.1) is 5.92 Å². The lowest BCUT2D eigenvalue weighted by Gasteiger charge is -2.39. The van der Waals surface area contributed by atoms with Crippen molar-refractivity contribution in [1.29, 1.82) is 0 Å². The number of nitrogens with zero attached hydrogens (tertiary/aromatic N) is 1. The van der Waals surface area contributed by atoms with Gasteiger partial charge in [0.05, 0.1) is 5.60 Å². The third-order valence-corrected chi connectivity index (χ3v) is 3.28. The van der Waals surface area contributed by atoms with E-state index in [4.69, 9.17) is 0 Å². The third kappa shape index (κ3) is 3.98. The fourth-order valence-electron chi connectivity index (χ4n) is 2.34. The van der Waals surface area contributed by atoms with Gasteiger partial charge in [0.25, 0.3) is 0 Å². The van der Waals surface area contributed by atoms with Gasteiger partial charge >= 0.3 is 0 Å². The maximum Gasteiger partial charge on any atom is 0.245 e. The molecule has 1 aliphatic rings. The SMILES string of the molecule is CC(=O)NC(C(=O)N1CCCC(C)(O)C1)C(C)C. The average Bonchev–Trinajstić information content (AvgIpc) is 2.23. The summed E-state index contributed by atoms with van der Waals surface area (Å²) in [5.41, 5.74) is -0.814. The van der Waals surface area contributed by atoms with Crippen LogP contribution in [0.5, 0.6) is 0 Å². The summed E-state index contributed by atoms with van der Waals surface area (Å²) < 4.78 is 0. The Labute approximate surface area is 109 Å². The minimum absolute atomic E-state index is 0.0354. The van der Waals surface area contributed by atoms with E-state index >= 15 is 0 Å². The zero-order chi connectivity index (χ0) is 13.9. The number of amides is 2. The zero-order valence-corrected chi connectivity index (χ0v) is 11.7. The molecule has 1 rings (SSSR count). The average molecular weight is 256 g/mol. The number of hydrogen-bond donors (Lipinski definition) is 2. The van der Waals surface area contributed by atoms with Crippen molar-refractivity contribution in [2.45, 2.75) is 52.2 Å². The van der Waals surface area contributed by atoms with Crippen molar-refractivity contribution in [3.05, 3.63) is 0 Å². The van der Waals surface area contributed by atoms with Crippen molar-refractivity contribution in [3.63, 3.8) is 0 Å². The van der Waals surface area contributed by atoms with Crippen molar-refractivity contribution in [3.8, 4) is 0 Å². The first-order valence-corrected chi connectivity index (χ1v) is 6.51. The van der Waals surface area contributed by atoms with Crippen LogP contribution >= 0.6 is 0 Å². The first kappa shape index (κ1) is 15.0. The van der Waals surface area contributed by atoms with Crippen LogP contribution in [0.3, 0.4) is 0 Å². The second-order valence-electron chi connectivity index (χ2n) is 5.78. The highest BCUT2D eigenvalue weighted by atomic mass is 16.3. The lowest BCUT2D eigenvalue weighted by molar-refractivity contribution is -0.142. The molecule has 0 aromatic carbocycles. The molecule has 0 bridgehead atoms. The van der Waals surface area contributed by atoms with Gasteiger partial charge in [0, 0.05) is 20.0 Å². The monoisotopic (exact) mass is 256 g/mol. The van der Waals surface area contributed by atoms with Gasteiger partial charge in [-0.2, -0.15) is 0 Å². The van der Waals surface area contributed by atoms with Gasteiger partial charge in [0.2, 0.25) is 11.8 Å². The predicted molar refractivity (Wildman–Crippen MR) is 68.9 cm³/mol. The number of nitrogens with one attached hydrogen (secondary N) is 1. The molecule has 0 radical (unpaired) electrons. The maximum absolute atomic E-state index is 12.4. The van der Waals surface area contributed by atoms with Crippen molar-refractivity contribution in [1.82, 2.24) is 10.2 Å². The van der Waals surface area contributed by atoms with E-state index in [-0.39, 0.29) is 17.7 Å². The second-order valence-corrected chi connectivity index (χ2v) is 5.78. The largest absolute Gasteiger partial charge is 0.388 e. The Balaban J connectivity index is 2.73. The fourth-order valence-corrected chi connectivity index (χ4v) is 2.34. The smallest absolute Gasteiger partial charge is 0.245 e. The van der Waals surface area contributed by atoms with E-state index < -0.39 is 11.6 Å². The minimum Gasteiger partial charge on any atom is -0.388 e. The maximum atomic E-state index is 12.4. The van der Waals surface area contributed by atoms with Crippen LogP contribution in [-0.4, -0.2) is 46.6 Å². The van der Waals surface area contributed by atoms with Crippen molar-refractivity contribution in [2.75, 3.05) is 13.1 Å². The van der Waals surface area contributed by atoms with Crippen LogP contribution < -0.4 is 5.32 Å². The highest BCUT2D eigenvalue weighted by molar-refractivity contribution is 5.87. The summed E-state index contributed by atoms with van der Waals surface area (Å²) in [7, 11) is 0. The molecular formula is C13H24N2O3. The fraction of sp³-hybridized carbons (Fsp3) is 0.846. The molecule has 5 heteroatoms. The van der Waals surface area contributed by atoms with E-state index in [1.165, 1.54) is 6.92 Å². The first-order valence-electron chi connectivity index (χ1n) is 6.51. The van der Waals surface area contributed by atoms with E-state index in [0.29, 0.717) is 19.5 Å². The Morgan fingerprint density at radius 1 is 1.39 bits per heavy atom. The lowest BCUT2D eigenvalue weighted by Crippen LogP contribution is -2.56. The van der Waals surface area contributed by atoms with Crippen molar-refractivity contribution in [2.24, 2.45) is 5.92 Å². The number of likely N-dealkylation sites (tertiary alicyclic amines) is 1. The molecule has 5 nitrogen and oxygen atoms in total. The van der Waals surface area contributed by atoms with E-state index in [9.17, 15) is 14.7 Å². The molecule has 2 N–H and O–H groups in total. The molecule has 1 heterocycles. The molecule has 2 atom stereocenters. The van der Waals surface area contributed by atoms with Crippen molar-refractivity contribution < 1.29 is 14.7 Å². The summed E-state index contributed by atoms with van der Waals surface area (Å²) in [6.07, 6.45) is 1.51. The third-order valence-electron chi connectivity index (χ3n) is 3.28. The Kier molecular flexibility index (Phi) is 4.73. The summed E-state index contributed by atoms with van der Waals surface area (Å²) >= 11 is 0. The molecule has 0 aromatic rings. The second kappa shape index (κ2) is 5.69. The van der Waals surface area contributed by atoms with E-state index in [1.807, 2.05) is 13.8 Å².